The molecule has 0 aromatic heterocycles. The number of hydrogen-bond donors (Lipinski definition) is 2. The van der Waals surface area contributed by atoms with E-state index in [-0.39, 0.29) is 11.9 Å². The Morgan fingerprint density at radius 2 is 2.00 bits per heavy atom. The lowest BCUT2D eigenvalue weighted by Crippen LogP contribution is -2.59. The number of nitrogens with one attached hydrogen (secondary N) is 1. The molecule has 0 saturated carbocycles. The van der Waals surface area contributed by atoms with E-state index in [0.717, 1.165) is 12.8 Å². The molecule has 0 aromatic rings. The van der Waals surface area contributed by atoms with Crippen molar-refractivity contribution in [1.82, 2.24) is 10.2 Å². The van der Waals surface area contributed by atoms with Crippen LogP contribution in [0.4, 0.5) is 4.79 Å². The van der Waals surface area contributed by atoms with E-state index in [4.69, 9.17) is 10.5 Å². The Balaban J connectivity index is 2.60. The number of rotatable bonds is 5. The van der Waals surface area contributed by atoms with Crippen LogP contribution in [0.15, 0.2) is 0 Å². The molecule has 0 aromatic carbocycles. The summed E-state index contributed by atoms with van der Waals surface area (Å²) in [5.41, 5.74) is 5.38. The summed E-state index contributed by atoms with van der Waals surface area (Å²) in [5, 5.41) is 2.80. The van der Waals surface area contributed by atoms with Crippen molar-refractivity contribution >= 4 is 12.0 Å². The van der Waals surface area contributed by atoms with E-state index in [1.165, 1.54) is 0 Å². The van der Waals surface area contributed by atoms with Crippen LogP contribution in [0.2, 0.25) is 0 Å². The number of ether oxygens (including phenoxy) is 1. The van der Waals surface area contributed by atoms with E-state index in [2.05, 4.69) is 5.32 Å². The van der Waals surface area contributed by atoms with E-state index < -0.39 is 11.6 Å². The first-order valence-electron chi connectivity index (χ1n) is 7.48. The fourth-order valence-corrected chi connectivity index (χ4v) is 2.49. The van der Waals surface area contributed by atoms with Crippen LogP contribution >= 0.6 is 0 Å². The lowest BCUT2D eigenvalue weighted by molar-refractivity contribution is -0.138. The van der Waals surface area contributed by atoms with Crippen molar-refractivity contribution < 1.29 is 14.3 Å². The van der Waals surface area contributed by atoms with Crippen LogP contribution in [0.1, 0.15) is 46.5 Å². The van der Waals surface area contributed by atoms with Crippen LogP contribution in [0.25, 0.3) is 0 Å². The molecule has 6 nitrogen and oxygen atoms in total. The second kappa shape index (κ2) is 7.47. The zero-order chi connectivity index (χ0) is 15.2. The van der Waals surface area contributed by atoms with Gasteiger partial charge in [-0.05, 0) is 32.6 Å². The molecule has 1 heterocycles. The number of likely N-dealkylation sites (tertiary alicyclic amines) is 1. The Morgan fingerprint density at radius 3 is 2.55 bits per heavy atom. The third-order valence-corrected chi connectivity index (χ3v) is 3.99. The first-order valence-corrected chi connectivity index (χ1v) is 7.48. The Bertz CT molecular complexity index is 343. The van der Waals surface area contributed by atoms with Gasteiger partial charge in [-0.1, -0.05) is 13.8 Å². The second-order valence-corrected chi connectivity index (χ2v) is 5.32. The molecule has 0 bridgehead atoms. The summed E-state index contributed by atoms with van der Waals surface area (Å²) < 4.78 is 4.87. The van der Waals surface area contributed by atoms with Gasteiger partial charge in [0.15, 0.2) is 0 Å². The predicted octanol–water partition coefficient (Wildman–Crippen LogP) is 1.24. The Labute approximate surface area is 121 Å². The largest absolute Gasteiger partial charge is 0.450 e. The van der Waals surface area contributed by atoms with Crippen LogP contribution in [0, 0.1) is 0 Å². The topological polar surface area (TPSA) is 84.7 Å². The van der Waals surface area contributed by atoms with Crippen molar-refractivity contribution in [1.29, 1.82) is 0 Å². The maximum absolute atomic E-state index is 12.5. The standard InChI is InChI=1S/C14H27N3O3/c1-4-14(15,5-2)12(18)17-9-7-8-11(10-17)16-13(19)20-6-3/h11H,4-10,15H2,1-3H3,(H,16,19). The van der Waals surface area contributed by atoms with E-state index in [9.17, 15) is 9.59 Å². The van der Waals surface area contributed by atoms with Gasteiger partial charge in [0.2, 0.25) is 5.91 Å². The molecule has 1 atom stereocenters. The zero-order valence-electron chi connectivity index (χ0n) is 12.8. The van der Waals surface area contributed by atoms with Crippen molar-refractivity contribution in [2.75, 3.05) is 19.7 Å². The lowest BCUT2D eigenvalue weighted by Gasteiger charge is -2.38. The van der Waals surface area contributed by atoms with E-state index in [1.807, 2.05) is 13.8 Å². The van der Waals surface area contributed by atoms with E-state index >= 15 is 0 Å². The molecule has 1 rings (SSSR count). The van der Waals surface area contributed by atoms with Gasteiger partial charge in [0, 0.05) is 19.1 Å². The third kappa shape index (κ3) is 4.10. The van der Waals surface area contributed by atoms with E-state index in [1.54, 1.807) is 11.8 Å². The molecule has 1 aliphatic heterocycles. The monoisotopic (exact) mass is 285 g/mol. The smallest absolute Gasteiger partial charge is 0.407 e. The van der Waals surface area contributed by atoms with Gasteiger partial charge in [-0.2, -0.15) is 0 Å². The quantitative estimate of drug-likeness (QED) is 0.796. The van der Waals surface area contributed by atoms with Gasteiger partial charge < -0.3 is 20.7 Å². The number of nitrogens with two attached hydrogens (primary N) is 1. The SMILES string of the molecule is CCOC(=O)NC1CCCN(C(=O)C(N)(CC)CC)C1. The average molecular weight is 285 g/mol. The number of carbonyl (C=O) groups excluding carboxylic acids is 2. The summed E-state index contributed by atoms with van der Waals surface area (Å²) in [5.74, 6) is -0.0159. The minimum atomic E-state index is -0.786. The van der Waals surface area contributed by atoms with Gasteiger partial charge in [-0.25, -0.2) is 4.79 Å². The Hall–Kier alpha value is -1.30. The first kappa shape index (κ1) is 16.8. The molecule has 3 N–H and O–H groups in total. The maximum Gasteiger partial charge on any atom is 0.407 e. The molecule has 0 spiro atoms. The highest BCUT2D eigenvalue weighted by Gasteiger charge is 2.36. The molecule has 1 unspecified atom stereocenters. The highest BCUT2D eigenvalue weighted by molar-refractivity contribution is 5.86. The lowest BCUT2D eigenvalue weighted by atomic mass is 9.91. The Morgan fingerprint density at radius 1 is 1.35 bits per heavy atom. The molecule has 1 fully saturated rings. The second-order valence-electron chi connectivity index (χ2n) is 5.32. The van der Waals surface area contributed by atoms with Crippen LogP contribution in [0.3, 0.4) is 0 Å². The summed E-state index contributed by atoms with van der Waals surface area (Å²) >= 11 is 0. The molecular formula is C14H27N3O3. The number of alkyl carbamates (subject to hydrolysis) is 1. The van der Waals surface area contributed by atoms with Gasteiger partial charge in [0.1, 0.15) is 0 Å². The van der Waals surface area contributed by atoms with Crippen molar-refractivity contribution in [2.45, 2.75) is 58.0 Å². The van der Waals surface area contributed by atoms with Crippen molar-refractivity contribution in [2.24, 2.45) is 5.73 Å². The molecule has 0 aliphatic carbocycles. The van der Waals surface area contributed by atoms with Gasteiger partial charge in [-0.15, -0.1) is 0 Å². The highest BCUT2D eigenvalue weighted by atomic mass is 16.5. The number of piperidine rings is 1. The summed E-state index contributed by atoms with van der Waals surface area (Å²) in [6.45, 7) is 7.19. The highest BCUT2D eigenvalue weighted by Crippen LogP contribution is 2.19. The molecule has 1 aliphatic rings. The van der Waals surface area contributed by atoms with Crippen LogP contribution < -0.4 is 11.1 Å². The summed E-state index contributed by atoms with van der Waals surface area (Å²) in [7, 11) is 0. The minimum absolute atomic E-state index is 0.0159. The first-order chi connectivity index (χ1) is 9.46. The van der Waals surface area contributed by atoms with E-state index in [0.29, 0.717) is 32.5 Å². The molecule has 0 radical (unpaired) electrons. The molecule has 20 heavy (non-hydrogen) atoms. The Kier molecular flexibility index (Phi) is 6.26. The molecule has 1 saturated heterocycles. The molecular weight excluding hydrogens is 258 g/mol. The van der Waals surface area contributed by atoms with Crippen LogP contribution in [0.5, 0.6) is 0 Å². The zero-order valence-corrected chi connectivity index (χ0v) is 12.8. The number of amides is 2. The third-order valence-electron chi connectivity index (χ3n) is 3.99. The van der Waals surface area contributed by atoms with Gasteiger partial charge >= 0.3 is 6.09 Å². The van der Waals surface area contributed by atoms with Gasteiger partial charge in [-0.3, -0.25) is 4.79 Å². The van der Waals surface area contributed by atoms with Crippen molar-refractivity contribution in [3.05, 3.63) is 0 Å². The van der Waals surface area contributed by atoms with Crippen LogP contribution in [-0.2, 0) is 9.53 Å². The minimum Gasteiger partial charge on any atom is -0.450 e. The summed E-state index contributed by atoms with van der Waals surface area (Å²) in [4.78, 5) is 25.7. The number of nitrogens with zero attached hydrogens (tertiary/aromatic N) is 1. The molecule has 116 valence electrons. The average Bonchev–Trinajstić information content (AvgIpc) is 2.46. The fraction of sp³-hybridized carbons (Fsp3) is 0.857. The number of carbonyl (C=O) groups is 2. The molecule has 6 heteroatoms. The van der Waals surface area contributed by atoms with Crippen molar-refractivity contribution in [3.8, 4) is 0 Å². The predicted molar refractivity (Wildman–Crippen MR) is 77.3 cm³/mol. The summed E-state index contributed by atoms with van der Waals surface area (Å²) in [6.07, 6.45) is 2.55. The number of hydrogen-bond acceptors (Lipinski definition) is 4. The van der Waals surface area contributed by atoms with Gasteiger partial charge in [0.25, 0.3) is 0 Å². The normalized spacial score (nSPS) is 19.6. The van der Waals surface area contributed by atoms with Crippen molar-refractivity contribution in [3.63, 3.8) is 0 Å². The summed E-state index contributed by atoms with van der Waals surface area (Å²) in [6, 6.07) is -0.0512. The fourth-order valence-electron chi connectivity index (χ4n) is 2.49. The van der Waals surface area contributed by atoms with Gasteiger partial charge in [0.05, 0.1) is 12.1 Å². The maximum atomic E-state index is 12.5. The van der Waals surface area contributed by atoms with Crippen LogP contribution in [-0.4, -0.2) is 48.2 Å². The molecule has 2 amide bonds.